The summed E-state index contributed by atoms with van der Waals surface area (Å²) in [6.07, 6.45) is 30.1. The highest BCUT2D eigenvalue weighted by molar-refractivity contribution is 7.47. The van der Waals surface area contributed by atoms with Crippen LogP contribution in [0.1, 0.15) is 174 Å². The number of ether oxygens (including phenoxy) is 2. The lowest BCUT2D eigenvalue weighted by Gasteiger charge is -2.20. The van der Waals surface area contributed by atoms with Gasteiger partial charge in [-0.15, -0.1) is 0 Å². The van der Waals surface area contributed by atoms with Crippen LogP contribution >= 0.6 is 7.82 Å². The number of rotatable bonds is 36. The first kappa shape index (κ1) is 47.2. The van der Waals surface area contributed by atoms with Gasteiger partial charge in [-0.3, -0.25) is 23.4 Å². The second kappa shape index (κ2) is 33.4. The fourth-order valence-electron chi connectivity index (χ4n) is 5.18. The van der Waals surface area contributed by atoms with Gasteiger partial charge < -0.3 is 25.2 Å². The van der Waals surface area contributed by atoms with E-state index in [1.54, 1.807) is 0 Å². The highest BCUT2D eigenvalue weighted by atomic mass is 31.2. The minimum absolute atomic E-state index is 0.160. The molecule has 0 aromatic carbocycles. The standard InChI is InChI=1S/C37H70NO10P/c1-3-5-7-9-11-13-14-15-16-17-18-19-20-21-23-25-27-29-36(40)48-33(31-46-49(43,44)47-32-34(38)37(41)42)30-45-35(39)28-26-24-22-12-10-8-6-4-2/h15-16,33-34H,3-14,17-32,38H2,1-2H3,(H,41,42)(H,43,44)/b16-15-. The summed E-state index contributed by atoms with van der Waals surface area (Å²) < 4.78 is 32.5. The first-order chi connectivity index (χ1) is 23.6. The lowest BCUT2D eigenvalue weighted by Crippen LogP contribution is -2.34. The summed E-state index contributed by atoms with van der Waals surface area (Å²) in [5, 5.41) is 8.84. The first-order valence-corrected chi connectivity index (χ1v) is 20.7. The Bertz CT molecular complexity index is 900. The normalized spacial score (nSPS) is 14.0. The molecule has 0 spiro atoms. The Morgan fingerprint density at radius 3 is 1.49 bits per heavy atom. The van der Waals surface area contributed by atoms with Crippen LogP contribution < -0.4 is 5.73 Å². The average Bonchev–Trinajstić information content (AvgIpc) is 3.07. The number of allylic oxidation sites excluding steroid dienone is 2. The smallest absolute Gasteiger partial charge is 0.472 e. The third-order valence-electron chi connectivity index (χ3n) is 8.26. The lowest BCUT2D eigenvalue weighted by molar-refractivity contribution is -0.161. The molecule has 3 atom stereocenters. The molecule has 0 bridgehead atoms. The van der Waals surface area contributed by atoms with E-state index in [9.17, 15) is 23.8 Å². The highest BCUT2D eigenvalue weighted by Gasteiger charge is 2.28. The van der Waals surface area contributed by atoms with E-state index in [-0.39, 0.29) is 19.4 Å². The van der Waals surface area contributed by atoms with Crippen molar-refractivity contribution < 1.29 is 47.5 Å². The quantitative estimate of drug-likeness (QED) is 0.0244. The van der Waals surface area contributed by atoms with E-state index < -0.39 is 51.1 Å². The van der Waals surface area contributed by atoms with Crippen LogP contribution in [0.3, 0.4) is 0 Å². The fourth-order valence-corrected chi connectivity index (χ4v) is 5.95. The van der Waals surface area contributed by atoms with Gasteiger partial charge in [-0.05, 0) is 38.5 Å². The number of carbonyl (C=O) groups is 3. The molecular formula is C37H70NO10P. The zero-order chi connectivity index (χ0) is 36.4. The Balaban J connectivity index is 4.36. The van der Waals surface area contributed by atoms with E-state index in [4.69, 9.17) is 24.8 Å². The van der Waals surface area contributed by atoms with Crippen molar-refractivity contribution in [2.24, 2.45) is 5.73 Å². The van der Waals surface area contributed by atoms with Crippen LogP contribution in [0.25, 0.3) is 0 Å². The zero-order valence-electron chi connectivity index (χ0n) is 30.8. The molecule has 0 aromatic rings. The van der Waals surface area contributed by atoms with Gasteiger partial charge in [0.05, 0.1) is 13.2 Å². The van der Waals surface area contributed by atoms with Crippen LogP contribution in [-0.4, -0.2) is 59.9 Å². The van der Waals surface area contributed by atoms with E-state index in [1.807, 2.05) is 0 Å². The predicted molar refractivity (Wildman–Crippen MR) is 194 cm³/mol. The number of hydrogen-bond donors (Lipinski definition) is 3. The summed E-state index contributed by atoms with van der Waals surface area (Å²) in [5.74, 6) is -2.38. The molecule has 49 heavy (non-hydrogen) atoms. The third kappa shape index (κ3) is 33.1. The van der Waals surface area contributed by atoms with E-state index in [2.05, 4.69) is 30.5 Å². The van der Waals surface area contributed by atoms with Crippen molar-refractivity contribution >= 4 is 25.7 Å². The number of aliphatic carboxylic acids is 1. The maximum Gasteiger partial charge on any atom is 0.472 e. The van der Waals surface area contributed by atoms with Gasteiger partial charge in [-0.2, -0.15) is 0 Å². The zero-order valence-corrected chi connectivity index (χ0v) is 31.7. The fraction of sp³-hybridized carbons (Fsp3) is 0.865. The van der Waals surface area contributed by atoms with Crippen LogP contribution in [-0.2, 0) is 37.5 Å². The molecule has 0 amide bonds. The lowest BCUT2D eigenvalue weighted by atomic mass is 10.1. The Morgan fingerprint density at radius 2 is 1.02 bits per heavy atom. The SMILES string of the molecule is CCCCCCCC/C=C\CCCCCCCCCC(=O)OC(COC(=O)CCCCCCCCCC)COP(=O)(O)OCC(N)C(=O)O. The predicted octanol–water partition coefficient (Wildman–Crippen LogP) is 9.34. The maximum absolute atomic E-state index is 12.5. The third-order valence-corrected chi connectivity index (χ3v) is 9.21. The molecule has 0 aromatic heterocycles. The molecule has 0 radical (unpaired) electrons. The Hall–Kier alpha value is -1.78. The van der Waals surface area contributed by atoms with Gasteiger partial charge >= 0.3 is 25.7 Å². The van der Waals surface area contributed by atoms with E-state index in [1.165, 1.54) is 89.9 Å². The molecule has 0 aliphatic heterocycles. The van der Waals surface area contributed by atoms with Crippen LogP contribution in [0.4, 0.5) is 0 Å². The molecule has 0 heterocycles. The summed E-state index contributed by atoms with van der Waals surface area (Å²) >= 11 is 0. The molecule has 0 saturated heterocycles. The average molecular weight is 720 g/mol. The topological polar surface area (TPSA) is 172 Å². The first-order valence-electron chi connectivity index (χ1n) is 19.2. The molecule has 288 valence electrons. The van der Waals surface area contributed by atoms with Gasteiger partial charge in [-0.25, -0.2) is 4.57 Å². The molecule has 4 N–H and O–H groups in total. The van der Waals surface area contributed by atoms with Gasteiger partial charge in [0.15, 0.2) is 6.10 Å². The number of phosphoric ester groups is 1. The minimum atomic E-state index is -4.70. The highest BCUT2D eigenvalue weighted by Crippen LogP contribution is 2.43. The van der Waals surface area contributed by atoms with Crippen LogP contribution in [0.15, 0.2) is 12.2 Å². The van der Waals surface area contributed by atoms with Gasteiger partial charge in [-0.1, -0.05) is 135 Å². The minimum Gasteiger partial charge on any atom is -0.480 e. The number of carboxylic acid groups (broad SMARTS) is 1. The van der Waals surface area contributed by atoms with Gasteiger partial charge in [0.25, 0.3) is 0 Å². The Labute approximate surface area is 297 Å². The van der Waals surface area contributed by atoms with Gasteiger partial charge in [0, 0.05) is 12.8 Å². The summed E-state index contributed by atoms with van der Waals surface area (Å²) in [6, 6.07) is -1.52. The molecule has 3 unspecified atom stereocenters. The number of carboxylic acids is 1. The van der Waals surface area contributed by atoms with Crippen molar-refractivity contribution in [2.75, 3.05) is 19.8 Å². The number of carbonyl (C=O) groups excluding carboxylic acids is 2. The van der Waals surface area contributed by atoms with Crippen molar-refractivity contribution in [3.05, 3.63) is 12.2 Å². The molecule has 12 heteroatoms. The molecule has 0 fully saturated rings. The summed E-state index contributed by atoms with van der Waals surface area (Å²) in [7, 11) is -4.70. The molecule has 0 saturated carbocycles. The second-order valence-electron chi connectivity index (χ2n) is 13.1. The van der Waals surface area contributed by atoms with Crippen LogP contribution in [0.2, 0.25) is 0 Å². The summed E-state index contributed by atoms with van der Waals surface area (Å²) in [5.41, 5.74) is 5.31. The van der Waals surface area contributed by atoms with Gasteiger partial charge in [0.2, 0.25) is 0 Å². The van der Waals surface area contributed by atoms with Crippen LogP contribution in [0, 0.1) is 0 Å². The Morgan fingerprint density at radius 1 is 0.612 bits per heavy atom. The monoisotopic (exact) mass is 719 g/mol. The van der Waals surface area contributed by atoms with Crippen molar-refractivity contribution in [1.82, 2.24) is 0 Å². The molecule has 0 aliphatic rings. The van der Waals surface area contributed by atoms with E-state index in [0.717, 1.165) is 44.9 Å². The Kier molecular flexibility index (Phi) is 32.2. The summed E-state index contributed by atoms with van der Waals surface area (Å²) in [4.78, 5) is 45.6. The van der Waals surface area contributed by atoms with Crippen LogP contribution in [0.5, 0.6) is 0 Å². The van der Waals surface area contributed by atoms with Crippen molar-refractivity contribution in [3.63, 3.8) is 0 Å². The van der Waals surface area contributed by atoms with Crippen molar-refractivity contribution in [3.8, 4) is 0 Å². The number of phosphoric acid groups is 1. The van der Waals surface area contributed by atoms with Gasteiger partial charge in [0.1, 0.15) is 12.6 Å². The molecule has 11 nitrogen and oxygen atoms in total. The molecular weight excluding hydrogens is 649 g/mol. The number of hydrogen-bond acceptors (Lipinski definition) is 9. The van der Waals surface area contributed by atoms with E-state index >= 15 is 0 Å². The summed E-state index contributed by atoms with van der Waals surface area (Å²) in [6.45, 7) is 2.75. The largest absolute Gasteiger partial charge is 0.480 e. The number of esters is 2. The number of nitrogens with two attached hydrogens (primary N) is 1. The molecule has 0 rings (SSSR count). The van der Waals surface area contributed by atoms with E-state index in [0.29, 0.717) is 12.8 Å². The van der Waals surface area contributed by atoms with Crippen molar-refractivity contribution in [2.45, 2.75) is 187 Å². The van der Waals surface area contributed by atoms with Crippen molar-refractivity contribution in [1.29, 1.82) is 0 Å². The second-order valence-corrected chi connectivity index (χ2v) is 14.5. The maximum atomic E-state index is 12.5. The number of unbranched alkanes of at least 4 members (excludes halogenated alkanes) is 20. The molecule has 0 aliphatic carbocycles.